The van der Waals surface area contributed by atoms with Gasteiger partial charge in [0.1, 0.15) is 0 Å². The zero-order valence-corrected chi connectivity index (χ0v) is 37.0. The van der Waals surface area contributed by atoms with E-state index in [9.17, 15) is 13.2 Å². The summed E-state index contributed by atoms with van der Waals surface area (Å²) in [5.74, 6) is 0. The van der Waals surface area contributed by atoms with Crippen molar-refractivity contribution < 1.29 is 13.2 Å². The molecule has 0 spiro atoms. The highest BCUT2D eigenvalue weighted by molar-refractivity contribution is 5.85. The number of hydrogen-bond acceptors (Lipinski definition) is 3. The largest absolute Gasteiger partial charge is 0.416 e. The Hall–Kier alpha value is -2.84. The second-order valence-electron chi connectivity index (χ2n) is 15.6. The van der Waals surface area contributed by atoms with Gasteiger partial charge in [0.2, 0.25) is 0 Å². The van der Waals surface area contributed by atoms with Crippen molar-refractivity contribution in [3.63, 3.8) is 0 Å². The maximum Gasteiger partial charge on any atom is 0.416 e. The Balaban J connectivity index is 0.000000799. The summed E-state index contributed by atoms with van der Waals surface area (Å²) in [6, 6.07) is 14.4. The zero-order valence-electron chi connectivity index (χ0n) is 36.2. The summed E-state index contributed by atoms with van der Waals surface area (Å²) in [5.41, 5.74) is 0.136. The minimum Gasteiger partial charge on any atom is -0.354 e. The highest BCUT2D eigenvalue weighted by Gasteiger charge is 2.30. The molecule has 0 aliphatic rings. The molecule has 2 heterocycles. The van der Waals surface area contributed by atoms with Crippen molar-refractivity contribution in [2.45, 2.75) is 188 Å². The van der Waals surface area contributed by atoms with Gasteiger partial charge in [-0.25, -0.2) is 0 Å². The van der Waals surface area contributed by atoms with Crippen LogP contribution in [-0.2, 0) is 25.7 Å². The van der Waals surface area contributed by atoms with E-state index in [1.807, 2.05) is 13.8 Å². The topological polar surface area (TPSA) is 46.6 Å². The first kappa shape index (κ1) is 52.2. The van der Waals surface area contributed by atoms with Gasteiger partial charge in [-0.15, -0.1) is 12.4 Å². The van der Waals surface area contributed by atoms with E-state index >= 15 is 0 Å². The maximum absolute atomic E-state index is 12.4. The Morgan fingerprint density at radius 1 is 0.561 bits per heavy atom. The molecule has 1 aromatic carbocycles. The van der Waals surface area contributed by atoms with Gasteiger partial charge in [-0.3, -0.25) is 9.98 Å². The van der Waals surface area contributed by atoms with Crippen LogP contribution in [0.3, 0.4) is 0 Å². The lowest BCUT2D eigenvalue weighted by molar-refractivity contribution is -0.137. The number of aromatic nitrogens is 2. The van der Waals surface area contributed by atoms with E-state index in [4.69, 9.17) is 9.98 Å². The Morgan fingerprint density at radius 2 is 0.965 bits per heavy atom. The van der Waals surface area contributed by atoms with Crippen LogP contribution in [0.15, 0.2) is 83.3 Å². The summed E-state index contributed by atoms with van der Waals surface area (Å²) in [6.07, 6.45) is 31.9. The van der Waals surface area contributed by atoms with E-state index in [0.717, 1.165) is 49.5 Å². The number of likely N-dealkylation sites (N-methyl/N-ethyl adjacent to an activating group) is 1. The summed E-state index contributed by atoms with van der Waals surface area (Å²) in [5, 5.41) is 5.44. The summed E-state index contributed by atoms with van der Waals surface area (Å²) in [4.78, 5) is 9.48. The molecule has 0 amide bonds. The Bertz CT molecular complexity index is 1400. The number of nitrogens with zero attached hydrogens (tertiary/aromatic N) is 4. The van der Waals surface area contributed by atoms with Gasteiger partial charge in [-0.1, -0.05) is 142 Å². The van der Waals surface area contributed by atoms with Gasteiger partial charge in [0.25, 0.3) is 0 Å². The second kappa shape index (κ2) is 34.1. The lowest BCUT2D eigenvalue weighted by Gasteiger charge is -2.13. The highest BCUT2D eigenvalue weighted by Crippen LogP contribution is 2.29. The molecule has 1 N–H and O–H groups in total. The Morgan fingerprint density at radius 3 is 1.37 bits per heavy atom. The summed E-state index contributed by atoms with van der Waals surface area (Å²) < 4.78 is 41.9. The van der Waals surface area contributed by atoms with Gasteiger partial charge in [-0.05, 0) is 81.5 Å². The normalized spacial score (nSPS) is 11.7. The van der Waals surface area contributed by atoms with E-state index in [0.29, 0.717) is 12.0 Å². The van der Waals surface area contributed by atoms with Gasteiger partial charge in [-0.2, -0.15) is 13.2 Å². The standard InChI is InChI=1S/C36H62N4.C12H16F3N.ClH/c1-3-5-7-9-15-19-27-37-35-23-31-39(32-24-35)29-21-17-13-11-12-14-18-22-30-40-33-25-36(26-34-40)38-28-20-16-10-8-6-4-2;1-3-16-9(2)7-10-5-4-6-11(8-10)12(13,14)15;/h23-26,31-34H,3-22,27-30H2,1-2H3;4-6,8-9,16H,3,7H2,1-2H3;1H. The van der Waals surface area contributed by atoms with Gasteiger partial charge in [0, 0.05) is 57.0 Å². The lowest BCUT2D eigenvalue weighted by atomic mass is 10.0. The molecule has 1 atom stereocenters. The van der Waals surface area contributed by atoms with Gasteiger partial charge in [0.15, 0.2) is 0 Å². The number of pyridine rings is 2. The van der Waals surface area contributed by atoms with Crippen LogP contribution in [0.1, 0.15) is 167 Å². The average molecular weight is 819 g/mol. The van der Waals surface area contributed by atoms with E-state index < -0.39 is 11.7 Å². The maximum atomic E-state index is 12.4. The molecule has 0 saturated carbocycles. The van der Waals surface area contributed by atoms with Crippen LogP contribution in [0.4, 0.5) is 13.2 Å². The van der Waals surface area contributed by atoms with Crippen molar-refractivity contribution in [2.75, 3.05) is 19.6 Å². The number of unbranched alkanes of at least 4 members (excludes halogenated alkanes) is 17. The fourth-order valence-corrected chi connectivity index (χ4v) is 6.91. The molecule has 9 heteroatoms. The third-order valence-corrected chi connectivity index (χ3v) is 10.3. The highest BCUT2D eigenvalue weighted by atomic mass is 35.5. The minimum atomic E-state index is -4.25. The van der Waals surface area contributed by atoms with Crippen molar-refractivity contribution in [3.05, 3.63) is 95.2 Å². The molecule has 324 valence electrons. The van der Waals surface area contributed by atoms with Crippen LogP contribution in [0.25, 0.3) is 0 Å². The third kappa shape index (κ3) is 27.5. The average Bonchev–Trinajstić information content (AvgIpc) is 3.19. The number of aryl methyl sites for hydroxylation is 2. The number of alkyl halides is 3. The number of hydrogen-bond donors (Lipinski definition) is 1. The van der Waals surface area contributed by atoms with E-state index in [1.165, 1.54) is 141 Å². The van der Waals surface area contributed by atoms with Crippen molar-refractivity contribution in [1.82, 2.24) is 14.5 Å². The van der Waals surface area contributed by atoms with Crippen molar-refractivity contribution in [2.24, 2.45) is 9.98 Å². The van der Waals surface area contributed by atoms with Crippen LogP contribution in [-0.4, -0.2) is 34.8 Å². The SMILES string of the molecule is CCCCCCCCN=c1ccn(CCCCCCCCCCn2ccc(=NCCCCCCCC)cc2)cc1.CCNC(C)Cc1cccc(C(F)(F)F)c1.Cl. The summed E-state index contributed by atoms with van der Waals surface area (Å²) >= 11 is 0. The van der Waals surface area contributed by atoms with E-state index in [-0.39, 0.29) is 18.4 Å². The molecular weight excluding hydrogens is 739 g/mol. The van der Waals surface area contributed by atoms with Crippen LogP contribution in [0, 0.1) is 0 Å². The molecule has 1 unspecified atom stereocenters. The van der Waals surface area contributed by atoms with Crippen molar-refractivity contribution in [3.8, 4) is 0 Å². The van der Waals surface area contributed by atoms with Crippen LogP contribution < -0.4 is 16.0 Å². The van der Waals surface area contributed by atoms with E-state index in [1.54, 1.807) is 6.07 Å². The smallest absolute Gasteiger partial charge is 0.354 e. The van der Waals surface area contributed by atoms with Gasteiger partial charge >= 0.3 is 6.18 Å². The molecule has 0 bridgehead atoms. The molecule has 57 heavy (non-hydrogen) atoms. The molecule has 3 rings (SSSR count). The first-order valence-corrected chi connectivity index (χ1v) is 22.5. The quantitative estimate of drug-likeness (QED) is 0.0697. The molecule has 0 aliphatic heterocycles. The third-order valence-electron chi connectivity index (χ3n) is 10.3. The molecule has 0 radical (unpaired) electrons. The summed E-state index contributed by atoms with van der Waals surface area (Å²) in [7, 11) is 0. The number of halogens is 4. The predicted molar refractivity (Wildman–Crippen MR) is 239 cm³/mol. The monoisotopic (exact) mass is 818 g/mol. The van der Waals surface area contributed by atoms with E-state index in [2.05, 4.69) is 77.4 Å². The Kier molecular flexibility index (Phi) is 31.2. The second-order valence-corrected chi connectivity index (χ2v) is 15.6. The first-order chi connectivity index (χ1) is 27.2. The van der Waals surface area contributed by atoms with Crippen LogP contribution in [0.5, 0.6) is 0 Å². The molecular formula is C48H79ClF3N5. The zero-order chi connectivity index (χ0) is 40.5. The minimum absolute atomic E-state index is 0. The molecule has 3 aromatic rings. The molecule has 5 nitrogen and oxygen atoms in total. The molecule has 0 aliphatic carbocycles. The van der Waals surface area contributed by atoms with Crippen LogP contribution >= 0.6 is 12.4 Å². The fourth-order valence-electron chi connectivity index (χ4n) is 6.91. The Labute approximate surface area is 351 Å². The van der Waals surface area contributed by atoms with Crippen molar-refractivity contribution >= 4 is 12.4 Å². The molecule has 2 aromatic heterocycles. The lowest BCUT2D eigenvalue weighted by Crippen LogP contribution is -2.27. The fraction of sp³-hybridized carbons (Fsp3) is 0.667. The number of benzene rings is 1. The predicted octanol–water partition coefficient (Wildman–Crippen LogP) is 13.3. The van der Waals surface area contributed by atoms with Gasteiger partial charge in [0.05, 0.1) is 16.3 Å². The number of nitrogens with one attached hydrogen (secondary N) is 1. The summed E-state index contributed by atoms with van der Waals surface area (Å²) in [6.45, 7) is 13.5. The van der Waals surface area contributed by atoms with Crippen LogP contribution in [0.2, 0.25) is 0 Å². The number of rotatable bonds is 29. The molecule has 0 saturated heterocycles. The first-order valence-electron chi connectivity index (χ1n) is 22.5. The van der Waals surface area contributed by atoms with Crippen molar-refractivity contribution in [1.29, 1.82) is 0 Å². The molecule has 0 fully saturated rings. The van der Waals surface area contributed by atoms with Gasteiger partial charge < -0.3 is 14.5 Å².